The van der Waals surface area contributed by atoms with E-state index in [0.717, 1.165) is 5.56 Å². The Morgan fingerprint density at radius 1 is 1.42 bits per heavy atom. The van der Waals surface area contributed by atoms with Crippen molar-refractivity contribution in [3.8, 4) is 5.75 Å². The van der Waals surface area contributed by atoms with Crippen molar-refractivity contribution >= 4 is 5.97 Å². The standard InChI is InChI=1S/C9H8O3/c10-7-3-1-2-6-4-5-12-9(11)8(6)7/h1-3,10H,4-5H2. The highest BCUT2D eigenvalue weighted by Crippen LogP contribution is 2.25. The number of phenols is 1. The average molecular weight is 164 g/mol. The summed E-state index contributed by atoms with van der Waals surface area (Å²) in [6.45, 7) is 0.412. The van der Waals surface area contributed by atoms with Gasteiger partial charge in [-0.15, -0.1) is 0 Å². The first-order valence-corrected chi connectivity index (χ1v) is 3.77. The summed E-state index contributed by atoms with van der Waals surface area (Å²) in [5.41, 5.74) is 1.19. The summed E-state index contributed by atoms with van der Waals surface area (Å²) >= 11 is 0. The Hall–Kier alpha value is -1.51. The van der Waals surface area contributed by atoms with Gasteiger partial charge in [0.2, 0.25) is 0 Å². The van der Waals surface area contributed by atoms with Gasteiger partial charge < -0.3 is 9.84 Å². The van der Waals surface area contributed by atoms with Crippen molar-refractivity contribution in [1.29, 1.82) is 0 Å². The zero-order valence-corrected chi connectivity index (χ0v) is 6.41. The van der Waals surface area contributed by atoms with E-state index in [1.165, 1.54) is 6.07 Å². The second-order valence-corrected chi connectivity index (χ2v) is 2.70. The van der Waals surface area contributed by atoms with Crippen molar-refractivity contribution in [2.24, 2.45) is 0 Å². The fourth-order valence-electron chi connectivity index (χ4n) is 1.36. The van der Waals surface area contributed by atoms with Crippen LogP contribution in [0.2, 0.25) is 0 Å². The number of cyclic esters (lactones) is 1. The number of rotatable bonds is 0. The summed E-state index contributed by atoms with van der Waals surface area (Å²) in [6.07, 6.45) is 0.690. The first-order valence-electron chi connectivity index (χ1n) is 3.77. The Kier molecular flexibility index (Phi) is 1.50. The highest BCUT2D eigenvalue weighted by atomic mass is 16.5. The van der Waals surface area contributed by atoms with Crippen molar-refractivity contribution in [2.75, 3.05) is 6.61 Å². The molecule has 0 fully saturated rings. The molecule has 1 aromatic carbocycles. The van der Waals surface area contributed by atoms with Crippen LogP contribution < -0.4 is 0 Å². The summed E-state index contributed by atoms with van der Waals surface area (Å²) < 4.78 is 4.79. The smallest absolute Gasteiger partial charge is 0.342 e. The van der Waals surface area contributed by atoms with E-state index < -0.39 is 5.97 Å². The molecule has 1 N–H and O–H groups in total. The number of hydrogen-bond acceptors (Lipinski definition) is 3. The van der Waals surface area contributed by atoms with Crippen LogP contribution in [0.5, 0.6) is 5.75 Å². The zero-order valence-electron chi connectivity index (χ0n) is 6.41. The molecule has 0 amide bonds. The molecule has 1 aliphatic heterocycles. The second kappa shape index (κ2) is 2.52. The summed E-state index contributed by atoms with van der Waals surface area (Å²) in [6, 6.07) is 5.05. The van der Waals surface area contributed by atoms with Crippen LogP contribution in [-0.2, 0) is 11.2 Å². The molecule has 2 rings (SSSR count). The lowest BCUT2D eigenvalue weighted by Gasteiger charge is -2.15. The summed E-state index contributed by atoms with van der Waals surface area (Å²) in [7, 11) is 0. The van der Waals surface area contributed by atoms with Gasteiger partial charge in [-0.1, -0.05) is 12.1 Å². The number of ether oxygens (including phenoxy) is 1. The molecule has 0 spiro atoms. The molecule has 12 heavy (non-hydrogen) atoms. The van der Waals surface area contributed by atoms with E-state index in [1.54, 1.807) is 6.07 Å². The van der Waals surface area contributed by atoms with Gasteiger partial charge in [0.25, 0.3) is 0 Å². The molecular weight excluding hydrogens is 156 g/mol. The van der Waals surface area contributed by atoms with E-state index in [1.807, 2.05) is 6.07 Å². The van der Waals surface area contributed by atoms with Gasteiger partial charge in [0.1, 0.15) is 11.3 Å². The molecule has 0 saturated carbocycles. The number of carbonyl (C=O) groups is 1. The SMILES string of the molecule is O=C1OCCc2cccc(O)c21. The van der Waals surface area contributed by atoms with Crippen molar-refractivity contribution in [3.05, 3.63) is 29.3 Å². The third-order valence-electron chi connectivity index (χ3n) is 1.94. The lowest BCUT2D eigenvalue weighted by molar-refractivity contribution is 0.0476. The molecule has 62 valence electrons. The number of esters is 1. The van der Waals surface area contributed by atoms with E-state index in [9.17, 15) is 9.90 Å². The minimum absolute atomic E-state index is 0.0113. The van der Waals surface area contributed by atoms with Gasteiger partial charge in [0, 0.05) is 6.42 Å². The molecule has 0 aliphatic carbocycles. The van der Waals surface area contributed by atoms with E-state index in [-0.39, 0.29) is 5.75 Å². The molecule has 1 aromatic rings. The number of aromatic hydroxyl groups is 1. The van der Waals surface area contributed by atoms with Crippen LogP contribution in [0.25, 0.3) is 0 Å². The predicted octanol–water partition coefficient (Wildman–Crippen LogP) is 1.11. The van der Waals surface area contributed by atoms with Crippen molar-refractivity contribution in [2.45, 2.75) is 6.42 Å². The fraction of sp³-hybridized carbons (Fsp3) is 0.222. The number of hydrogen-bond donors (Lipinski definition) is 1. The molecule has 1 heterocycles. The van der Waals surface area contributed by atoms with E-state index in [2.05, 4.69) is 0 Å². The van der Waals surface area contributed by atoms with Gasteiger partial charge in [-0.3, -0.25) is 0 Å². The van der Waals surface area contributed by atoms with Crippen molar-refractivity contribution < 1.29 is 14.6 Å². The highest BCUT2D eigenvalue weighted by molar-refractivity contribution is 5.94. The summed E-state index contributed by atoms with van der Waals surface area (Å²) in [5, 5.41) is 9.33. The Bertz CT molecular complexity index is 331. The molecule has 0 saturated heterocycles. The number of fused-ring (bicyclic) bond motifs is 1. The van der Waals surface area contributed by atoms with Crippen LogP contribution in [-0.4, -0.2) is 17.7 Å². The molecule has 0 bridgehead atoms. The predicted molar refractivity (Wildman–Crippen MR) is 42.1 cm³/mol. The Labute approximate surface area is 69.6 Å². The van der Waals surface area contributed by atoms with Crippen LogP contribution in [0, 0.1) is 0 Å². The normalized spacial score (nSPS) is 15.2. The molecule has 3 heteroatoms. The van der Waals surface area contributed by atoms with E-state index in [4.69, 9.17) is 4.74 Å². The molecule has 0 unspecified atom stereocenters. The van der Waals surface area contributed by atoms with Crippen LogP contribution in [0.3, 0.4) is 0 Å². The third kappa shape index (κ3) is 0.942. The van der Waals surface area contributed by atoms with Crippen LogP contribution in [0.15, 0.2) is 18.2 Å². The second-order valence-electron chi connectivity index (χ2n) is 2.70. The first kappa shape index (κ1) is 7.16. The Morgan fingerprint density at radius 3 is 3.00 bits per heavy atom. The minimum Gasteiger partial charge on any atom is -0.507 e. The fourth-order valence-corrected chi connectivity index (χ4v) is 1.36. The van der Waals surface area contributed by atoms with Gasteiger partial charge in [0.15, 0.2) is 0 Å². The maximum Gasteiger partial charge on any atom is 0.342 e. The molecule has 0 radical (unpaired) electrons. The maximum atomic E-state index is 11.1. The minimum atomic E-state index is -0.422. The zero-order chi connectivity index (χ0) is 8.55. The van der Waals surface area contributed by atoms with Gasteiger partial charge >= 0.3 is 5.97 Å². The monoisotopic (exact) mass is 164 g/mol. The quantitative estimate of drug-likeness (QED) is 0.584. The summed E-state index contributed by atoms with van der Waals surface area (Å²) in [4.78, 5) is 11.1. The van der Waals surface area contributed by atoms with Crippen LogP contribution in [0.4, 0.5) is 0 Å². The Morgan fingerprint density at radius 2 is 2.25 bits per heavy atom. The third-order valence-corrected chi connectivity index (χ3v) is 1.94. The molecule has 1 aliphatic rings. The van der Waals surface area contributed by atoms with Gasteiger partial charge in [-0.25, -0.2) is 4.79 Å². The highest BCUT2D eigenvalue weighted by Gasteiger charge is 2.21. The van der Waals surface area contributed by atoms with E-state index in [0.29, 0.717) is 18.6 Å². The summed E-state index contributed by atoms with van der Waals surface area (Å²) in [5.74, 6) is -0.411. The lowest BCUT2D eigenvalue weighted by Crippen LogP contribution is -2.17. The average Bonchev–Trinajstić information content (AvgIpc) is 2.04. The number of carbonyl (C=O) groups excluding carboxylic acids is 1. The largest absolute Gasteiger partial charge is 0.507 e. The number of benzene rings is 1. The number of phenolic OH excluding ortho intramolecular Hbond substituents is 1. The van der Waals surface area contributed by atoms with Crippen molar-refractivity contribution in [3.63, 3.8) is 0 Å². The molecule has 0 atom stereocenters. The first-order chi connectivity index (χ1) is 5.79. The lowest BCUT2D eigenvalue weighted by atomic mass is 10.0. The van der Waals surface area contributed by atoms with Gasteiger partial charge in [-0.05, 0) is 11.6 Å². The van der Waals surface area contributed by atoms with Crippen molar-refractivity contribution in [1.82, 2.24) is 0 Å². The molecule has 0 aromatic heterocycles. The van der Waals surface area contributed by atoms with Crippen LogP contribution in [0.1, 0.15) is 15.9 Å². The topological polar surface area (TPSA) is 46.5 Å². The Balaban J connectivity index is 2.60. The van der Waals surface area contributed by atoms with Crippen LogP contribution >= 0.6 is 0 Å². The van der Waals surface area contributed by atoms with Gasteiger partial charge in [0.05, 0.1) is 6.61 Å². The van der Waals surface area contributed by atoms with E-state index >= 15 is 0 Å². The molecule has 3 nitrogen and oxygen atoms in total. The van der Waals surface area contributed by atoms with Gasteiger partial charge in [-0.2, -0.15) is 0 Å². The maximum absolute atomic E-state index is 11.1. The molecular formula is C9H8O3.